The van der Waals surface area contributed by atoms with Crippen molar-refractivity contribution in [1.29, 1.82) is 0 Å². The molecule has 0 bridgehead atoms. The molecular weight excluding hydrogens is 256 g/mol. The van der Waals surface area contributed by atoms with E-state index in [1.165, 1.54) is 25.3 Å². The molecule has 0 saturated carbocycles. The lowest BCUT2D eigenvalue weighted by atomic mass is 10.1. The number of phenolic OH excluding ortho intramolecular Hbond substituents is 2. The summed E-state index contributed by atoms with van der Waals surface area (Å²) in [6, 6.07) is 10.7. The highest BCUT2D eigenvalue weighted by Gasteiger charge is 2.03. The predicted molar refractivity (Wildman–Crippen MR) is 73.5 cm³/mol. The summed E-state index contributed by atoms with van der Waals surface area (Å²) in [6.45, 7) is 0. The van der Waals surface area contributed by atoms with Crippen molar-refractivity contribution < 1.29 is 19.7 Å². The number of methoxy groups -OCH3 is 1. The van der Waals surface area contributed by atoms with Crippen LogP contribution in [0.1, 0.15) is 21.5 Å². The van der Waals surface area contributed by atoms with Crippen molar-refractivity contribution in [2.75, 3.05) is 7.11 Å². The van der Waals surface area contributed by atoms with E-state index in [4.69, 9.17) is 0 Å². The second-order valence-electron chi connectivity index (χ2n) is 4.02. The monoisotopic (exact) mass is 268 g/mol. The highest BCUT2D eigenvalue weighted by molar-refractivity contribution is 5.89. The van der Waals surface area contributed by atoms with Gasteiger partial charge in [0.2, 0.25) is 0 Å². The Kier molecular flexibility index (Phi) is 3.92. The molecule has 2 N–H and O–H groups in total. The second-order valence-corrected chi connectivity index (χ2v) is 4.02. The molecular formula is C16H12O4. The summed E-state index contributed by atoms with van der Waals surface area (Å²) in [5.41, 5.74) is 1.46. The zero-order valence-corrected chi connectivity index (χ0v) is 10.8. The summed E-state index contributed by atoms with van der Waals surface area (Å²) >= 11 is 0. The van der Waals surface area contributed by atoms with Crippen LogP contribution >= 0.6 is 0 Å². The molecule has 0 aliphatic carbocycles. The van der Waals surface area contributed by atoms with E-state index in [1.54, 1.807) is 24.3 Å². The highest BCUT2D eigenvalue weighted by atomic mass is 16.5. The number of hydrogen-bond acceptors (Lipinski definition) is 4. The summed E-state index contributed by atoms with van der Waals surface area (Å²) in [4.78, 5) is 11.3. The lowest BCUT2D eigenvalue weighted by Crippen LogP contribution is -2.00. The fraction of sp³-hybridized carbons (Fsp3) is 0.0625. The molecule has 2 aromatic carbocycles. The Balaban J connectivity index is 2.25. The first-order valence-electron chi connectivity index (χ1n) is 5.82. The predicted octanol–water partition coefficient (Wildman–Crippen LogP) is 2.28. The zero-order chi connectivity index (χ0) is 14.5. The highest BCUT2D eigenvalue weighted by Crippen LogP contribution is 2.20. The lowest BCUT2D eigenvalue weighted by molar-refractivity contribution is 0.0600. The Labute approximate surface area is 116 Å². The molecule has 0 spiro atoms. The van der Waals surface area contributed by atoms with E-state index < -0.39 is 5.97 Å². The Morgan fingerprint density at radius 3 is 2.40 bits per heavy atom. The third-order valence-corrected chi connectivity index (χ3v) is 2.63. The van der Waals surface area contributed by atoms with Crippen LogP contribution in [0.15, 0.2) is 42.5 Å². The molecule has 100 valence electrons. The summed E-state index contributed by atoms with van der Waals surface area (Å²) in [5, 5.41) is 18.9. The Morgan fingerprint density at radius 2 is 1.75 bits per heavy atom. The van der Waals surface area contributed by atoms with Crippen molar-refractivity contribution in [2.24, 2.45) is 0 Å². The van der Waals surface area contributed by atoms with E-state index in [-0.39, 0.29) is 11.5 Å². The van der Waals surface area contributed by atoms with Gasteiger partial charge < -0.3 is 14.9 Å². The van der Waals surface area contributed by atoms with Crippen molar-refractivity contribution in [3.8, 4) is 23.3 Å². The first-order chi connectivity index (χ1) is 9.60. The topological polar surface area (TPSA) is 66.8 Å². The maximum absolute atomic E-state index is 11.3. The summed E-state index contributed by atoms with van der Waals surface area (Å²) in [7, 11) is 1.32. The summed E-state index contributed by atoms with van der Waals surface area (Å²) < 4.78 is 4.60. The van der Waals surface area contributed by atoms with E-state index in [9.17, 15) is 15.0 Å². The van der Waals surface area contributed by atoms with Gasteiger partial charge in [-0.15, -0.1) is 0 Å². The minimum atomic E-state index is -0.407. The zero-order valence-electron chi connectivity index (χ0n) is 10.8. The lowest BCUT2D eigenvalue weighted by Gasteiger charge is -1.99. The van der Waals surface area contributed by atoms with Gasteiger partial charge in [-0.2, -0.15) is 0 Å². The molecule has 0 radical (unpaired) electrons. The molecule has 0 heterocycles. The number of phenols is 2. The molecule has 0 aliphatic rings. The molecule has 0 atom stereocenters. The largest absolute Gasteiger partial charge is 0.508 e. The first-order valence-corrected chi connectivity index (χ1v) is 5.82. The minimum absolute atomic E-state index is 0.00137. The molecule has 0 aromatic heterocycles. The van der Waals surface area contributed by atoms with Gasteiger partial charge in [-0.05, 0) is 42.5 Å². The number of ether oxygens (including phenoxy) is 1. The quantitative estimate of drug-likeness (QED) is 0.473. The van der Waals surface area contributed by atoms with E-state index >= 15 is 0 Å². The van der Waals surface area contributed by atoms with Crippen LogP contribution in [0.3, 0.4) is 0 Å². The average Bonchev–Trinajstić information content (AvgIpc) is 2.48. The number of carbonyl (C=O) groups excluding carboxylic acids is 1. The van der Waals surface area contributed by atoms with Gasteiger partial charge in [0, 0.05) is 5.56 Å². The van der Waals surface area contributed by atoms with Gasteiger partial charge >= 0.3 is 5.97 Å². The van der Waals surface area contributed by atoms with Gasteiger partial charge in [-0.3, -0.25) is 0 Å². The van der Waals surface area contributed by atoms with Crippen LogP contribution in [-0.4, -0.2) is 23.3 Å². The van der Waals surface area contributed by atoms with E-state index in [1.807, 2.05) is 0 Å². The molecule has 20 heavy (non-hydrogen) atoms. The van der Waals surface area contributed by atoms with Crippen LogP contribution in [0.4, 0.5) is 0 Å². The third kappa shape index (κ3) is 3.09. The smallest absolute Gasteiger partial charge is 0.337 e. The number of rotatable bonds is 1. The maximum Gasteiger partial charge on any atom is 0.337 e. The standard InChI is InChI=1S/C16H12O4/c1-20-16(19)12-5-2-11(3-6-12)4-7-13-10-14(17)8-9-15(13)18/h2-3,5-6,8-10,17-18H,1H3. The molecule has 0 fully saturated rings. The SMILES string of the molecule is COC(=O)c1ccc(C#Cc2cc(O)ccc2O)cc1. The average molecular weight is 268 g/mol. The van der Waals surface area contributed by atoms with Gasteiger partial charge in [0.1, 0.15) is 11.5 Å². The van der Waals surface area contributed by atoms with Crippen LogP contribution in [0.2, 0.25) is 0 Å². The van der Waals surface area contributed by atoms with E-state index in [0.29, 0.717) is 16.7 Å². The molecule has 0 saturated heterocycles. The second kappa shape index (κ2) is 5.81. The maximum atomic E-state index is 11.3. The fourth-order valence-electron chi connectivity index (χ4n) is 1.57. The van der Waals surface area contributed by atoms with E-state index in [0.717, 1.165) is 0 Å². The molecule has 2 rings (SSSR count). The van der Waals surface area contributed by atoms with E-state index in [2.05, 4.69) is 16.6 Å². The fourth-order valence-corrected chi connectivity index (χ4v) is 1.57. The van der Waals surface area contributed by atoms with Gasteiger partial charge in [0.15, 0.2) is 0 Å². The van der Waals surface area contributed by atoms with Crippen LogP contribution in [0.25, 0.3) is 0 Å². The van der Waals surface area contributed by atoms with Crippen molar-refractivity contribution in [1.82, 2.24) is 0 Å². The Morgan fingerprint density at radius 1 is 1.05 bits per heavy atom. The summed E-state index contributed by atoms with van der Waals surface area (Å²) in [6.07, 6.45) is 0. The number of carbonyl (C=O) groups is 1. The van der Waals surface area contributed by atoms with Crippen molar-refractivity contribution >= 4 is 5.97 Å². The molecule has 0 unspecified atom stereocenters. The molecule has 4 nitrogen and oxygen atoms in total. The van der Waals surface area contributed by atoms with Gasteiger partial charge in [0.05, 0.1) is 18.2 Å². The van der Waals surface area contributed by atoms with Crippen LogP contribution in [0, 0.1) is 11.8 Å². The van der Waals surface area contributed by atoms with Crippen molar-refractivity contribution in [3.63, 3.8) is 0 Å². The number of esters is 1. The van der Waals surface area contributed by atoms with Crippen LogP contribution in [0.5, 0.6) is 11.5 Å². The Hall–Kier alpha value is -2.93. The molecule has 0 amide bonds. The Bertz CT molecular complexity index is 691. The number of benzene rings is 2. The van der Waals surface area contributed by atoms with Crippen molar-refractivity contribution in [3.05, 3.63) is 59.2 Å². The normalized spacial score (nSPS) is 9.45. The molecule has 0 aliphatic heterocycles. The third-order valence-electron chi connectivity index (χ3n) is 2.63. The van der Waals surface area contributed by atoms with Gasteiger partial charge in [-0.25, -0.2) is 4.79 Å². The number of hydrogen-bond donors (Lipinski definition) is 2. The number of aromatic hydroxyl groups is 2. The first kappa shape index (κ1) is 13.5. The summed E-state index contributed by atoms with van der Waals surface area (Å²) in [5.74, 6) is 5.23. The van der Waals surface area contributed by atoms with Gasteiger partial charge in [-0.1, -0.05) is 11.8 Å². The van der Waals surface area contributed by atoms with Crippen molar-refractivity contribution in [2.45, 2.75) is 0 Å². The van der Waals surface area contributed by atoms with Crippen LogP contribution in [-0.2, 0) is 4.74 Å². The van der Waals surface area contributed by atoms with Crippen LogP contribution < -0.4 is 0 Å². The minimum Gasteiger partial charge on any atom is -0.508 e. The molecule has 4 heteroatoms. The van der Waals surface area contributed by atoms with Gasteiger partial charge in [0.25, 0.3) is 0 Å². The molecule has 2 aromatic rings.